The molecule has 1 aromatic heterocycles. The first-order chi connectivity index (χ1) is 13.2. The van der Waals surface area contributed by atoms with E-state index in [1.54, 1.807) is 11.1 Å². The molecule has 0 saturated carbocycles. The fourth-order valence-corrected chi connectivity index (χ4v) is 3.37. The first kappa shape index (κ1) is 20.6. The number of carbonyl (C=O) groups excluding carboxylic acids is 1. The van der Waals surface area contributed by atoms with Crippen molar-refractivity contribution >= 4 is 17.7 Å². The van der Waals surface area contributed by atoms with Crippen LogP contribution in [0.3, 0.4) is 0 Å². The van der Waals surface area contributed by atoms with E-state index in [4.69, 9.17) is 16.3 Å². The van der Waals surface area contributed by atoms with Crippen molar-refractivity contribution in [3.63, 3.8) is 0 Å². The zero-order chi connectivity index (χ0) is 20.3. The van der Waals surface area contributed by atoms with Crippen LogP contribution in [0.1, 0.15) is 33.3 Å². The largest absolute Gasteiger partial charge is 0.444 e. The van der Waals surface area contributed by atoms with Crippen molar-refractivity contribution in [1.29, 1.82) is 0 Å². The molecule has 150 valence electrons. The Hall–Kier alpha value is -2.18. The average Bonchev–Trinajstić information content (AvgIpc) is 2.58. The molecule has 28 heavy (non-hydrogen) atoms. The van der Waals surface area contributed by atoms with Gasteiger partial charge in [0.05, 0.1) is 5.69 Å². The number of halogens is 1. The number of rotatable bonds is 5. The van der Waals surface area contributed by atoms with E-state index in [2.05, 4.69) is 33.9 Å². The number of aromatic nitrogens is 2. The number of carbonyl (C=O) groups is 1. The van der Waals surface area contributed by atoms with Gasteiger partial charge in [-0.15, -0.1) is 0 Å². The quantitative estimate of drug-likeness (QED) is 0.700. The van der Waals surface area contributed by atoms with Gasteiger partial charge in [-0.3, -0.25) is 4.90 Å². The van der Waals surface area contributed by atoms with Crippen molar-refractivity contribution in [3.8, 4) is 11.3 Å². The summed E-state index contributed by atoms with van der Waals surface area (Å²) in [5.74, 6) is 0. The number of amides is 1. The van der Waals surface area contributed by atoms with E-state index in [-0.39, 0.29) is 11.4 Å². The third-order valence-corrected chi connectivity index (χ3v) is 4.85. The van der Waals surface area contributed by atoms with Crippen LogP contribution in [-0.4, -0.2) is 57.1 Å². The summed E-state index contributed by atoms with van der Waals surface area (Å²) in [7, 11) is 0. The third-order valence-electron chi connectivity index (χ3n) is 4.67. The van der Waals surface area contributed by atoms with Gasteiger partial charge in [0.15, 0.2) is 0 Å². The van der Waals surface area contributed by atoms with Crippen LogP contribution in [0, 0.1) is 0 Å². The number of ether oxygens (including phenoxy) is 1. The van der Waals surface area contributed by atoms with E-state index in [9.17, 15) is 4.79 Å². The van der Waals surface area contributed by atoms with Crippen LogP contribution in [0.2, 0.25) is 5.28 Å². The Morgan fingerprint density at radius 2 is 2.07 bits per heavy atom. The lowest BCUT2D eigenvalue weighted by Gasteiger charge is -2.45. The summed E-state index contributed by atoms with van der Waals surface area (Å²) in [6.45, 7) is 10.9. The second-order valence-electron chi connectivity index (χ2n) is 8.01. The lowest BCUT2D eigenvalue weighted by Crippen LogP contribution is -2.61. The molecule has 0 N–H and O–H groups in total. The Labute approximate surface area is 171 Å². The second-order valence-corrected chi connectivity index (χ2v) is 8.35. The maximum absolute atomic E-state index is 12.1. The molecule has 2 heterocycles. The minimum Gasteiger partial charge on any atom is -0.444 e. The maximum atomic E-state index is 12.1. The van der Waals surface area contributed by atoms with Gasteiger partial charge in [0.1, 0.15) is 5.60 Å². The second kappa shape index (κ2) is 8.45. The molecule has 0 atom stereocenters. The fourth-order valence-electron chi connectivity index (χ4n) is 3.22. The van der Waals surface area contributed by atoms with Gasteiger partial charge in [0.2, 0.25) is 5.28 Å². The molecule has 3 rings (SSSR count). The molecule has 0 aliphatic carbocycles. The molecule has 1 aromatic carbocycles. The van der Waals surface area contributed by atoms with Crippen LogP contribution >= 0.6 is 11.6 Å². The van der Waals surface area contributed by atoms with Crippen LogP contribution in [0.4, 0.5) is 4.79 Å². The summed E-state index contributed by atoms with van der Waals surface area (Å²) in [6, 6.07) is 10.5. The summed E-state index contributed by atoms with van der Waals surface area (Å²) in [5, 5.41) is 0.245. The Morgan fingerprint density at radius 1 is 1.32 bits per heavy atom. The zero-order valence-corrected chi connectivity index (χ0v) is 17.6. The third kappa shape index (κ3) is 5.20. The highest BCUT2D eigenvalue weighted by molar-refractivity contribution is 6.28. The Morgan fingerprint density at radius 3 is 2.71 bits per heavy atom. The molecule has 0 unspecified atom stereocenters. The van der Waals surface area contributed by atoms with E-state index in [0.717, 1.165) is 24.3 Å². The van der Waals surface area contributed by atoms with Crippen LogP contribution in [0.15, 0.2) is 36.5 Å². The summed E-state index contributed by atoms with van der Waals surface area (Å²) in [4.78, 5) is 24.5. The van der Waals surface area contributed by atoms with Gasteiger partial charge in [0, 0.05) is 37.4 Å². The summed E-state index contributed by atoms with van der Waals surface area (Å²) in [6.07, 6.45) is 1.43. The molecule has 2 aromatic rings. The Bertz CT molecular complexity index is 831. The molecule has 1 saturated heterocycles. The maximum Gasteiger partial charge on any atom is 0.410 e. The van der Waals surface area contributed by atoms with Gasteiger partial charge in [-0.1, -0.05) is 25.1 Å². The van der Waals surface area contributed by atoms with E-state index < -0.39 is 5.60 Å². The van der Waals surface area contributed by atoms with E-state index in [1.165, 1.54) is 5.56 Å². The molecule has 1 fully saturated rings. The molecule has 0 radical (unpaired) electrons. The fraction of sp³-hybridized carbons (Fsp3) is 0.476. The van der Waals surface area contributed by atoms with Crippen LogP contribution in [-0.2, 0) is 11.3 Å². The highest BCUT2D eigenvalue weighted by Gasteiger charge is 2.36. The van der Waals surface area contributed by atoms with Crippen molar-refractivity contribution < 1.29 is 9.53 Å². The standard InChI is InChI=1S/C21H27ClN4O2/c1-5-25(17-13-26(14-17)20(27)28-21(2,3)4)12-15-7-6-8-16(11-15)18-9-10-23-19(22)24-18/h6-11,17H,5,12-14H2,1-4H3. The summed E-state index contributed by atoms with van der Waals surface area (Å²) >= 11 is 5.92. The number of likely N-dealkylation sites (N-methyl/N-ethyl adjacent to an activating group) is 1. The Kier molecular flexibility index (Phi) is 6.20. The lowest BCUT2D eigenvalue weighted by atomic mass is 10.0. The molecule has 7 heteroatoms. The predicted molar refractivity (Wildman–Crippen MR) is 110 cm³/mol. The van der Waals surface area contributed by atoms with E-state index in [0.29, 0.717) is 19.1 Å². The van der Waals surface area contributed by atoms with Gasteiger partial charge in [-0.25, -0.2) is 14.8 Å². The molecule has 0 spiro atoms. The van der Waals surface area contributed by atoms with E-state index in [1.807, 2.05) is 39.0 Å². The molecule has 1 aliphatic heterocycles. The Balaban J connectivity index is 1.62. The first-order valence-electron chi connectivity index (χ1n) is 9.55. The lowest BCUT2D eigenvalue weighted by molar-refractivity contribution is -0.0160. The molecular formula is C21H27ClN4O2. The number of hydrogen-bond acceptors (Lipinski definition) is 5. The molecule has 0 bridgehead atoms. The van der Waals surface area contributed by atoms with Gasteiger partial charge in [-0.2, -0.15) is 0 Å². The van der Waals surface area contributed by atoms with Crippen molar-refractivity contribution in [3.05, 3.63) is 47.4 Å². The summed E-state index contributed by atoms with van der Waals surface area (Å²) < 4.78 is 5.44. The van der Waals surface area contributed by atoms with Crippen molar-refractivity contribution in [2.75, 3.05) is 19.6 Å². The van der Waals surface area contributed by atoms with Gasteiger partial charge in [0.25, 0.3) is 0 Å². The normalized spacial score (nSPS) is 14.9. The van der Waals surface area contributed by atoms with Crippen molar-refractivity contribution in [1.82, 2.24) is 19.8 Å². The number of benzene rings is 1. The number of nitrogens with zero attached hydrogens (tertiary/aromatic N) is 4. The molecular weight excluding hydrogens is 376 g/mol. The topological polar surface area (TPSA) is 58.6 Å². The number of likely N-dealkylation sites (tertiary alicyclic amines) is 1. The minimum absolute atomic E-state index is 0.234. The predicted octanol–water partition coefficient (Wildman–Crippen LogP) is 4.24. The highest BCUT2D eigenvalue weighted by atomic mass is 35.5. The molecule has 1 amide bonds. The highest BCUT2D eigenvalue weighted by Crippen LogP contribution is 2.23. The van der Waals surface area contributed by atoms with Gasteiger partial charge < -0.3 is 9.64 Å². The van der Waals surface area contributed by atoms with Gasteiger partial charge >= 0.3 is 6.09 Å². The van der Waals surface area contributed by atoms with Crippen LogP contribution in [0.25, 0.3) is 11.3 Å². The van der Waals surface area contributed by atoms with Crippen LogP contribution in [0.5, 0.6) is 0 Å². The van der Waals surface area contributed by atoms with Crippen molar-refractivity contribution in [2.24, 2.45) is 0 Å². The number of hydrogen-bond donors (Lipinski definition) is 0. The van der Waals surface area contributed by atoms with E-state index >= 15 is 0 Å². The van der Waals surface area contributed by atoms with Crippen molar-refractivity contribution in [2.45, 2.75) is 45.9 Å². The summed E-state index contributed by atoms with van der Waals surface area (Å²) in [5.41, 5.74) is 2.56. The smallest absolute Gasteiger partial charge is 0.410 e. The monoisotopic (exact) mass is 402 g/mol. The first-order valence-corrected chi connectivity index (χ1v) is 9.93. The SMILES string of the molecule is CCN(Cc1cccc(-c2ccnc(Cl)n2)c1)C1CN(C(=O)OC(C)(C)C)C1. The molecule has 1 aliphatic rings. The minimum atomic E-state index is -0.461. The average molecular weight is 403 g/mol. The molecule has 6 nitrogen and oxygen atoms in total. The van der Waals surface area contributed by atoms with Gasteiger partial charge in [-0.05, 0) is 56.6 Å². The van der Waals surface area contributed by atoms with Crippen LogP contribution < -0.4 is 0 Å². The zero-order valence-electron chi connectivity index (χ0n) is 16.9.